The highest BCUT2D eigenvalue weighted by Gasteiger charge is 2.61. The molecule has 0 aliphatic carbocycles. The Labute approximate surface area is 150 Å². The van der Waals surface area contributed by atoms with Crippen molar-refractivity contribution in [3.8, 4) is 0 Å². The molecule has 156 valence electrons. The molecule has 4 heterocycles. The van der Waals surface area contributed by atoms with Gasteiger partial charge in [0.15, 0.2) is 5.82 Å². The molecule has 0 N–H and O–H groups in total. The van der Waals surface area contributed by atoms with Gasteiger partial charge in [-0.1, -0.05) is 0 Å². The Balaban J connectivity index is 0.000000161. The van der Waals surface area contributed by atoms with E-state index in [1.54, 1.807) is 0 Å². The highest BCUT2D eigenvalue weighted by atomic mass is 19.3. The first-order valence-electron chi connectivity index (χ1n) is 7.91. The number of tetrazole rings is 2. The number of halogens is 8. The molecule has 0 saturated carbocycles. The van der Waals surface area contributed by atoms with Crippen LogP contribution >= 0.6 is 0 Å². The Morgan fingerprint density at radius 1 is 0.821 bits per heavy atom. The van der Waals surface area contributed by atoms with Crippen LogP contribution in [-0.2, 0) is 24.9 Å². The number of fused-ring (bicyclic) bond motifs is 2. The van der Waals surface area contributed by atoms with E-state index in [0.29, 0.717) is 0 Å². The first-order chi connectivity index (χ1) is 12.9. The molecule has 0 fully saturated rings. The van der Waals surface area contributed by atoms with E-state index in [-0.39, 0.29) is 29.9 Å². The molecule has 0 aromatic carbocycles. The van der Waals surface area contributed by atoms with Gasteiger partial charge in [0.05, 0.1) is 6.42 Å². The van der Waals surface area contributed by atoms with Crippen molar-refractivity contribution < 1.29 is 35.1 Å². The van der Waals surface area contributed by atoms with Crippen LogP contribution in [0, 0.1) is 0 Å². The van der Waals surface area contributed by atoms with E-state index in [1.165, 1.54) is 0 Å². The second-order valence-corrected chi connectivity index (χ2v) is 6.31. The molecule has 0 radical (unpaired) electrons. The Bertz CT molecular complexity index is 831. The molecular formula is C12H12F8N8. The zero-order valence-corrected chi connectivity index (χ0v) is 13.8. The smallest absolute Gasteiger partial charge is 0.224 e. The van der Waals surface area contributed by atoms with Crippen LogP contribution < -0.4 is 0 Å². The Hall–Kier alpha value is -2.42. The van der Waals surface area contributed by atoms with Crippen molar-refractivity contribution in [3.63, 3.8) is 0 Å². The molecule has 0 saturated heterocycles. The lowest BCUT2D eigenvalue weighted by Crippen LogP contribution is -2.38. The number of aromatic nitrogens is 8. The summed E-state index contributed by atoms with van der Waals surface area (Å²) in [5.41, 5.74) is 0. The largest absolute Gasteiger partial charge is 0.370 e. The lowest BCUT2D eigenvalue weighted by atomic mass is 10.1. The predicted molar refractivity (Wildman–Crippen MR) is 71.8 cm³/mol. The fourth-order valence-corrected chi connectivity index (χ4v) is 2.74. The number of hydrogen-bond donors (Lipinski definition) is 0. The normalized spacial score (nSPS) is 24.0. The van der Waals surface area contributed by atoms with Crippen molar-refractivity contribution in [1.82, 2.24) is 40.4 Å². The highest BCUT2D eigenvalue weighted by Crippen LogP contribution is 2.46. The summed E-state index contributed by atoms with van der Waals surface area (Å²) in [5, 5.41) is 18.4. The summed E-state index contributed by atoms with van der Waals surface area (Å²) < 4.78 is 105. The third-order valence-corrected chi connectivity index (χ3v) is 4.16. The SMILES string of the molecule is FC1(F)CCCn2nnnc2C1(F)F.FC1(F)CCc2nnnn2C(F)(F)C1. The van der Waals surface area contributed by atoms with E-state index in [4.69, 9.17) is 0 Å². The van der Waals surface area contributed by atoms with Crippen LogP contribution in [0.3, 0.4) is 0 Å². The van der Waals surface area contributed by atoms with Gasteiger partial charge in [-0.25, -0.2) is 13.5 Å². The first-order valence-corrected chi connectivity index (χ1v) is 7.91. The lowest BCUT2D eigenvalue weighted by Gasteiger charge is -2.22. The zero-order valence-electron chi connectivity index (χ0n) is 13.8. The molecule has 0 spiro atoms. The molecule has 0 bridgehead atoms. The van der Waals surface area contributed by atoms with Gasteiger partial charge in [-0.05, 0) is 27.3 Å². The highest BCUT2D eigenvalue weighted by molar-refractivity contribution is 5.03. The molecule has 2 aliphatic heterocycles. The molecule has 0 amide bonds. The van der Waals surface area contributed by atoms with Crippen LogP contribution in [0.2, 0.25) is 0 Å². The second kappa shape index (κ2) is 6.58. The molecule has 4 rings (SSSR count). The van der Waals surface area contributed by atoms with Crippen LogP contribution in [0.4, 0.5) is 35.1 Å². The third kappa shape index (κ3) is 3.63. The molecule has 2 aromatic rings. The fourth-order valence-electron chi connectivity index (χ4n) is 2.74. The maximum atomic E-state index is 13.2. The van der Waals surface area contributed by atoms with Gasteiger partial charge >= 0.3 is 17.9 Å². The molecule has 28 heavy (non-hydrogen) atoms. The van der Waals surface area contributed by atoms with Gasteiger partial charge in [0.25, 0.3) is 5.92 Å². The summed E-state index contributed by atoms with van der Waals surface area (Å²) in [6.07, 6.45) is -3.37. The van der Waals surface area contributed by atoms with Crippen LogP contribution in [0.5, 0.6) is 0 Å². The van der Waals surface area contributed by atoms with E-state index in [9.17, 15) is 35.1 Å². The molecule has 0 unspecified atom stereocenters. The van der Waals surface area contributed by atoms with Crippen molar-refractivity contribution in [3.05, 3.63) is 11.6 Å². The second-order valence-electron chi connectivity index (χ2n) is 6.31. The van der Waals surface area contributed by atoms with Crippen molar-refractivity contribution in [2.24, 2.45) is 0 Å². The molecule has 2 aromatic heterocycles. The van der Waals surface area contributed by atoms with Gasteiger partial charge < -0.3 is 0 Å². The van der Waals surface area contributed by atoms with Crippen LogP contribution in [0.25, 0.3) is 0 Å². The van der Waals surface area contributed by atoms with E-state index >= 15 is 0 Å². The molecule has 0 atom stereocenters. The Kier molecular flexibility index (Phi) is 4.77. The molecule has 16 heteroatoms. The summed E-state index contributed by atoms with van der Waals surface area (Å²) in [7, 11) is 0. The van der Waals surface area contributed by atoms with E-state index < -0.39 is 48.9 Å². The average Bonchev–Trinajstić information content (AvgIpc) is 3.18. The summed E-state index contributed by atoms with van der Waals surface area (Å²) in [6.45, 7) is -0.00644. The van der Waals surface area contributed by atoms with Crippen molar-refractivity contribution >= 4 is 0 Å². The van der Waals surface area contributed by atoms with Crippen LogP contribution in [-0.4, -0.2) is 52.3 Å². The van der Waals surface area contributed by atoms with Gasteiger partial charge in [-0.2, -0.15) is 31.0 Å². The van der Waals surface area contributed by atoms with Crippen LogP contribution in [0.1, 0.15) is 37.3 Å². The maximum Gasteiger partial charge on any atom is 0.370 e. The van der Waals surface area contributed by atoms with E-state index in [2.05, 4.69) is 31.1 Å². The monoisotopic (exact) mass is 420 g/mol. The topological polar surface area (TPSA) is 87.2 Å². The minimum atomic E-state index is -4.28. The minimum absolute atomic E-state index is 0.00644. The standard InChI is InChI=1S/2C6H6F4N4/c7-5(8)2-1-4-11-12-13-14(4)6(9,10)3-5;7-5(8)2-1-3-14-4(6(5,9)10)11-12-13-14/h2*1-3H2. The third-order valence-electron chi connectivity index (χ3n) is 4.16. The van der Waals surface area contributed by atoms with E-state index in [0.717, 1.165) is 4.68 Å². The van der Waals surface area contributed by atoms with E-state index in [1.807, 2.05) is 0 Å². The van der Waals surface area contributed by atoms with Gasteiger partial charge in [0.2, 0.25) is 5.82 Å². The van der Waals surface area contributed by atoms with Crippen LogP contribution in [0.15, 0.2) is 0 Å². The quantitative estimate of drug-likeness (QED) is 0.609. The summed E-state index contributed by atoms with van der Waals surface area (Å²) >= 11 is 0. The Morgan fingerprint density at radius 2 is 1.50 bits per heavy atom. The predicted octanol–water partition coefficient (Wildman–Crippen LogP) is 2.39. The van der Waals surface area contributed by atoms with Gasteiger partial charge in [-0.15, -0.1) is 10.2 Å². The first kappa shape index (κ1) is 20.3. The summed E-state index contributed by atoms with van der Waals surface area (Å²) in [6, 6.07) is -3.71. The lowest BCUT2D eigenvalue weighted by molar-refractivity contribution is -0.221. The van der Waals surface area contributed by atoms with Gasteiger partial charge in [-0.3, -0.25) is 0 Å². The van der Waals surface area contributed by atoms with Crippen molar-refractivity contribution in [1.29, 1.82) is 0 Å². The maximum absolute atomic E-state index is 13.2. The van der Waals surface area contributed by atoms with Gasteiger partial charge in [0.1, 0.15) is 0 Å². The molecule has 2 aliphatic rings. The molecule has 8 nitrogen and oxygen atoms in total. The van der Waals surface area contributed by atoms with Gasteiger partial charge in [0, 0.05) is 25.8 Å². The number of rotatable bonds is 0. The zero-order chi connectivity index (χ0) is 20.8. The summed E-state index contributed by atoms with van der Waals surface area (Å²) in [5.74, 6) is -13.0. The minimum Gasteiger partial charge on any atom is -0.224 e. The average molecular weight is 420 g/mol. The molecular weight excluding hydrogens is 408 g/mol. The number of hydrogen-bond acceptors (Lipinski definition) is 6. The number of nitrogens with zero attached hydrogens (tertiary/aromatic N) is 8. The fraction of sp³-hybridized carbons (Fsp3) is 0.833. The van der Waals surface area contributed by atoms with Crippen molar-refractivity contribution in [2.75, 3.05) is 0 Å². The number of alkyl halides is 8. The van der Waals surface area contributed by atoms with Crippen molar-refractivity contribution in [2.45, 2.75) is 62.5 Å². The summed E-state index contributed by atoms with van der Waals surface area (Å²) in [4.78, 5) is 0. The Morgan fingerprint density at radius 3 is 2.21 bits per heavy atom. The number of aryl methyl sites for hydroxylation is 2.